The molecule has 0 spiro atoms. The fraction of sp³-hybridized carbons (Fsp3) is 0.583. The fourth-order valence-electron chi connectivity index (χ4n) is 1.44. The maximum Gasteiger partial charge on any atom is 0.419 e. The summed E-state index contributed by atoms with van der Waals surface area (Å²) in [5.41, 5.74) is -0.241. The van der Waals surface area contributed by atoms with Gasteiger partial charge in [-0.15, -0.1) is 0 Å². The molecule has 1 N–H and O–H groups in total. The number of nitrogens with zero attached hydrogens (tertiary/aromatic N) is 2. The highest BCUT2D eigenvalue weighted by molar-refractivity contribution is 5.76. The minimum atomic E-state index is -0.952. The summed E-state index contributed by atoms with van der Waals surface area (Å²) in [6.45, 7) is 7.03. The molecule has 1 unspecified atom stereocenters. The number of imidazole rings is 1. The average molecular weight is 254 g/mol. The standard InChI is InChI=1S/C12H18N2O4/c1-5-8(10(15)16)9-6-14(7-13-9)11(17)18-12(2,3)4/h6-8H,5H2,1-4H3,(H,15,16). The molecular formula is C12H18N2O4. The largest absolute Gasteiger partial charge is 0.481 e. The highest BCUT2D eigenvalue weighted by Gasteiger charge is 2.23. The van der Waals surface area contributed by atoms with E-state index < -0.39 is 23.6 Å². The number of aliphatic carboxylic acids is 1. The predicted molar refractivity (Wildman–Crippen MR) is 64.5 cm³/mol. The quantitative estimate of drug-likeness (QED) is 0.894. The van der Waals surface area contributed by atoms with Crippen molar-refractivity contribution in [2.75, 3.05) is 0 Å². The molecule has 0 aliphatic rings. The van der Waals surface area contributed by atoms with Gasteiger partial charge in [-0.2, -0.15) is 0 Å². The number of carbonyl (C=O) groups is 2. The summed E-state index contributed by atoms with van der Waals surface area (Å²) in [5, 5.41) is 9.00. The first kappa shape index (κ1) is 14.2. The van der Waals surface area contributed by atoms with E-state index in [9.17, 15) is 9.59 Å². The first-order valence-corrected chi connectivity index (χ1v) is 5.74. The molecule has 0 aliphatic heterocycles. The lowest BCUT2D eigenvalue weighted by molar-refractivity contribution is -0.138. The topological polar surface area (TPSA) is 81.4 Å². The number of carbonyl (C=O) groups excluding carboxylic acids is 1. The van der Waals surface area contributed by atoms with Crippen LogP contribution in [0.5, 0.6) is 0 Å². The molecule has 0 amide bonds. The van der Waals surface area contributed by atoms with Gasteiger partial charge in [-0.05, 0) is 27.2 Å². The molecule has 18 heavy (non-hydrogen) atoms. The van der Waals surface area contributed by atoms with Gasteiger partial charge in [-0.3, -0.25) is 4.79 Å². The first-order valence-electron chi connectivity index (χ1n) is 5.74. The second-order valence-electron chi connectivity index (χ2n) is 4.99. The maximum atomic E-state index is 11.7. The summed E-state index contributed by atoms with van der Waals surface area (Å²) in [6.07, 6.45) is 2.52. The van der Waals surface area contributed by atoms with E-state index in [1.165, 1.54) is 12.5 Å². The Hall–Kier alpha value is -1.85. The molecule has 0 aliphatic carbocycles. The van der Waals surface area contributed by atoms with E-state index in [0.29, 0.717) is 12.1 Å². The van der Waals surface area contributed by atoms with Crippen LogP contribution in [0.2, 0.25) is 0 Å². The van der Waals surface area contributed by atoms with Crippen molar-refractivity contribution in [1.82, 2.24) is 9.55 Å². The minimum Gasteiger partial charge on any atom is -0.481 e. The SMILES string of the molecule is CCC(C(=O)O)c1cn(C(=O)OC(C)(C)C)cn1. The fourth-order valence-corrected chi connectivity index (χ4v) is 1.44. The van der Waals surface area contributed by atoms with Crippen molar-refractivity contribution in [3.63, 3.8) is 0 Å². The van der Waals surface area contributed by atoms with E-state index in [4.69, 9.17) is 9.84 Å². The lowest BCUT2D eigenvalue weighted by Crippen LogP contribution is -2.26. The normalized spacial score (nSPS) is 13.1. The monoisotopic (exact) mass is 254 g/mol. The summed E-state index contributed by atoms with van der Waals surface area (Å²) in [6, 6.07) is 0. The zero-order valence-corrected chi connectivity index (χ0v) is 11.0. The first-order chi connectivity index (χ1) is 8.24. The van der Waals surface area contributed by atoms with Gasteiger partial charge in [0.05, 0.1) is 5.69 Å². The van der Waals surface area contributed by atoms with Crippen molar-refractivity contribution in [3.8, 4) is 0 Å². The van der Waals surface area contributed by atoms with E-state index in [2.05, 4.69) is 4.98 Å². The molecule has 0 bridgehead atoms. The van der Waals surface area contributed by atoms with Crippen molar-refractivity contribution in [3.05, 3.63) is 18.2 Å². The number of carboxylic acid groups (broad SMARTS) is 1. The number of ether oxygens (including phenoxy) is 1. The zero-order valence-electron chi connectivity index (χ0n) is 11.0. The molecule has 0 aromatic carbocycles. The number of aromatic nitrogens is 2. The number of carboxylic acids is 1. The van der Waals surface area contributed by atoms with E-state index in [0.717, 1.165) is 4.57 Å². The average Bonchev–Trinajstić information content (AvgIpc) is 2.64. The minimum absolute atomic E-state index is 0.357. The van der Waals surface area contributed by atoms with Gasteiger partial charge in [-0.1, -0.05) is 6.92 Å². The van der Waals surface area contributed by atoms with Crippen molar-refractivity contribution in [1.29, 1.82) is 0 Å². The third kappa shape index (κ3) is 3.58. The van der Waals surface area contributed by atoms with Crippen LogP contribution in [0.3, 0.4) is 0 Å². The van der Waals surface area contributed by atoms with Crippen molar-refractivity contribution < 1.29 is 19.4 Å². The third-order valence-corrected chi connectivity index (χ3v) is 2.27. The van der Waals surface area contributed by atoms with Gasteiger partial charge in [-0.25, -0.2) is 14.3 Å². The Labute approximate surface area is 106 Å². The molecule has 0 radical (unpaired) electrons. The van der Waals surface area contributed by atoms with Crippen molar-refractivity contribution in [2.24, 2.45) is 0 Å². The summed E-state index contributed by atoms with van der Waals surface area (Å²) >= 11 is 0. The molecule has 1 aromatic rings. The zero-order chi connectivity index (χ0) is 13.9. The summed E-state index contributed by atoms with van der Waals surface area (Å²) < 4.78 is 6.31. The molecule has 0 fully saturated rings. The lowest BCUT2D eigenvalue weighted by Gasteiger charge is -2.19. The molecule has 6 nitrogen and oxygen atoms in total. The molecule has 100 valence electrons. The Morgan fingerprint density at radius 1 is 1.50 bits per heavy atom. The van der Waals surface area contributed by atoms with Gasteiger partial charge in [0.2, 0.25) is 0 Å². The smallest absolute Gasteiger partial charge is 0.419 e. The van der Waals surface area contributed by atoms with Gasteiger partial charge in [0.15, 0.2) is 0 Å². The summed E-state index contributed by atoms with van der Waals surface area (Å²) in [7, 11) is 0. The van der Waals surface area contributed by atoms with Crippen LogP contribution in [0.4, 0.5) is 4.79 Å². The van der Waals surface area contributed by atoms with Crippen LogP contribution < -0.4 is 0 Å². The second kappa shape index (κ2) is 5.20. The van der Waals surface area contributed by atoms with Crippen LogP contribution in [-0.2, 0) is 9.53 Å². The number of hydrogen-bond acceptors (Lipinski definition) is 4. The van der Waals surface area contributed by atoms with Crippen LogP contribution >= 0.6 is 0 Å². The maximum absolute atomic E-state index is 11.7. The van der Waals surface area contributed by atoms with E-state index in [1.807, 2.05) is 0 Å². The van der Waals surface area contributed by atoms with E-state index in [-0.39, 0.29) is 0 Å². The molecule has 1 atom stereocenters. The second-order valence-corrected chi connectivity index (χ2v) is 4.99. The molecule has 6 heteroatoms. The summed E-state index contributed by atoms with van der Waals surface area (Å²) in [4.78, 5) is 26.6. The van der Waals surface area contributed by atoms with Crippen LogP contribution in [0.15, 0.2) is 12.5 Å². The molecule has 1 rings (SSSR count). The van der Waals surface area contributed by atoms with Gasteiger partial charge in [0.1, 0.15) is 17.8 Å². The molecule has 0 saturated heterocycles. The molecule has 0 saturated carbocycles. The predicted octanol–water partition coefficient (Wildman–Crippen LogP) is 2.24. The van der Waals surface area contributed by atoms with Crippen molar-refractivity contribution >= 4 is 12.1 Å². The molecule has 1 heterocycles. The van der Waals surface area contributed by atoms with E-state index in [1.54, 1.807) is 27.7 Å². The Bertz CT molecular complexity index is 445. The van der Waals surface area contributed by atoms with Crippen LogP contribution in [0.1, 0.15) is 45.7 Å². The Morgan fingerprint density at radius 2 is 2.11 bits per heavy atom. The molecule has 1 aromatic heterocycles. The highest BCUT2D eigenvalue weighted by Crippen LogP contribution is 2.18. The highest BCUT2D eigenvalue weighted by atomic mass is 16.6. The Balaban J connectivity index is 2.86. The van der Waals surface area contributed by atoms with Crippen LogP contribution in [-0.4, -0.2) is 32.3 Å². The lowest BCUT2D eigenvalue weighted by atomic mass is 10.0. The van der Waals surface area contributed by atoms with Crippen LogP contribution in [0.25, 0.3) is 0 Å². The molecular weight excluding hydrogens is 236 g/mol. The summed E-state index contributed by atoms with van der Waals surface area (Å²) in [5.74, 6) is -1.65. The number of rotatable bonds is 3. The van der Waals surface area contributed by atoms with Gasteiger partial charge in [0.25, 0.3) is 0 Å². The third-order valence-electron chi connectivity index (χ3n) is 2.27. The van der Waals surface area contributed by atoms with Gasteiger partial charge in [0, 0.05) is 6.20 Å². The van der Waals surface area contributed by atoms with Gasteiger partial charge >= 0.3 is 12.1 Å². The van der Waals surface area contributed by atoms with Crippen molar-refractivity contribution in [2.45, 2.75) is 45.6 Å². The van der Waals surface area contributed by atoms with E-state index >= 15 is 0 Å². The van der Waals surface area contributed by atoms with Gasteiger partial charge < -0.3 is 9.84 Å². The van der Waals surface area contributed by atoms with Crippen LogP contribution in [0, 0.1) is 0 Å². The Kier molecular flexibility index (Phi) is 4.11. The Morgan fingerprint density at radius 3 is 2.56 bits per heavy atom. The number of hydrogen-bond donors (Lipinski definition) is 1.